The summed E-state index contributed by atoms with van der Waals surface area (Å²) in [6, 6.07) is 6.80. The van der Waals surface area contributed by atoms with Gasteiger partial charge in [-0.3, -0.25) is 0 Å². The molecule has 2 amide bonds. The van der Waals surface area contributed by atoms with E-state index >= 15 is 0 Å². The van der Waals surface area contributed by atoms with Crippen molar-refractivity contribution in [3.8, 4) is 0 Å². The van der Waals surface area contributed by atoms with Gasteiger partial charge in [0, 0.05) is 37.9 Å². The zero-order valence-corrected chi connectivity index (χ0v) is 14.2. The van der Waals surface area contributed by atoms with Crippen LogP contribution in [0, 0.1) is 5.82 Å². The van der Waals surface area contributed by atoms with Crippen molar-refractivity contribution >= 4 is 11.7 Å². The summed E-state index contributed by atoms with van der Waals surface area (Å²) in [6.07, 6.45) is 4.62. The molecule has 1 heterocycles. The minimum absolute atomic E-state index is 0.0350. The molecule has 1 N–H and O–H groups in total. The maximum Gasteiger partial charge on any atom is 0.317 e. The van der Waals surface area contributed by atoms with Crippen LogP contribution < -0.4 is 10.2 Å². The number of hydrogen-bond donors (Lipinski definition) is 1. The molecule has 0 spiro atoms. The number of amides is 2. The smallest absolute Gasteiger partial charge is 0.317 e. The molecule has 1 atom stereocenters. The third-order valence-corrected chi connectivity index (χ3v) is 4.37. The zero-order chi connectivity index (χ0) is 16.7. The number of unbranched alkanes of at least 4 members (excludes halogenated alkanes) is 2. The molecule has 1 aliphatic heterocycles. The van der Waals surface area contributed by atoms with Crippen LogP contribution in [-0.4, -0.2) is 43.2 Å². The molecule has 0 aromatic heterocycles. The van der Waals surface area contributed by atoms with Gasteiger partial charge in [0.25, 0.3) is 0 Å². The highest BCUT2D eigenvalue weighted by atomic mass is 19.1. The van der Waals surface area contributed by atoms with Gasteiger partial charge >= 0.3 is 6.03 Å². The van der Waals surface area contributed by atoms with Gasteiger partial charge in [0.2, 0.25) is 0 Å². The highest BCUT2D eigenvalue weighted by molar-refractivity contribution is 5.74. The average molecular weight is 321 g/mol. The molecule has 1 fully saturated rings. The van der Waals surface area contributed by atoms with Crippen LogP contribution in [0.5, 0.6) is 0 Å². The number of anilines is 1. The lowest BCUT2D eigenvalue weighted by atomic mass is 10.1. The molecule has 1 aromatic carbocycles. The Bertz CT molecular complexity index is 484. The van der Waals surface area contributed by atoms with E-state index < -0.39 is 0 Å². The summed E-state index contributed by atoms with van der Waals surface area (Å²) in [5.74, 6) is -0.219. The minimum atomic E-state index is -0.219. The third kappa shape index (κ3) is 5.41. The fourth-order valence-corrected chi connectivity index (χ4v) is 2.89. The summed E-state index contributed by atoms with van der Waals surface area (Å²) in [6.45, 7) is 7.22. The number of hydrogen-bond acceptors (Lipinski definition) is 2. The zero-order valence-electron chi connectivity index (χ0n) is 14.2. The summed E-state index contributed by atoms with van der Waals surface area (Å²) < 4.78 is 13.0. The Morgan fingerprint density at radius 1 is 1.17 bits per heavy atom. The van der Waals surface area contributed by atoms with Crippen molar-refractivity contribution in [2.75, 3.05) is 31.1 Å². The molecule has 2 rings (SSSR count). The molecule has 1 saturated heterocycles. The second-order valence-corrected chi connectivity index (χ2v) is 6.30. The highest BCUT2D eigenvalue weighted by Crippen LogP contribution is 2.17. The van der Waals surface area contributed by atoms with E-state index in [4.69, 9.17) is 0 Å². The van der Waals surface area contributed by atoms with Gasteiger partial charge in [-0.25, -0.2) is 9.18 Å². The van der Waals surface area contributed by atoms with Crippen LogP contribution in [0.1, 0.15) is 39.5 Å². The monoisotopic (exact) mass is 321 g/mol. The lowest BCUT2D eigenvalue weighted by molar-refractivity contribution is 0.190. The van der Waals surface area contributed by atoms with E-state index in [0.717, 1.165) is 31.6 Å². The van der Waals surface area contributed by atoms with Gasteiger partial charge in [-0.2, -0.15) is 0 Å². The summed E-state index contributed by atoms with van der Waals surface area (Å²) >= 11 is 0. The molecule has 128 valence electrons. The Labute approximate surface area is 138 Å². The lowest BCUT2D eigenvalue weighted by Crippen LogP contribution is -2.53. The van der Waals surface area contributed by atoms with Crippen molar-refractivity contribution in [3.63, 3.8) is 0 Å². The van der Waals surface area contributed by atoms with Crippen LogP contribution in [0.3, 0.4) is 0 Å². The largest absolute Gasteiger partial charge is 0.368 e. The normalized spacial score (nSPS) is 16.3. The number of rotatable bonds is 6. The first-order valence-corrected chi connectivity index (χ1v) is 8.66. The van der Waals surface area contributed by atoms with Gasteiger partial charge in [0.1, 0.15) is 5.82 Å². The van der Waals surface area contributed by atoms with Crippen molar-refractivity contribution in [3.05, 3.63) is 30.1 Å². The van der Waals surface area contributed by atoms with Gasteiger partial charge < -0.3 is 15.1 Å². The third-order valence-electron chi connectivity index (χ3n) is 4.37. The molecule has 1 unspecified atom stereocenters. The molecule has 23 heavy (non-hydrogen) atoms. The predicted octanol–water partition coefficient (Wildman–Crippen LogP) is 3.63. The van der Waals surface area contributed by atoms with Gasteiger partial charge in [-0.15, -0.1) is 0 Å². The first-order valence-electron chi connectivity index (χ1n) is 8.66. The standard InChI is InChI=1S/C18H28FN3O/c1-3-4-5-6-15(2)20-18(23)22-13-11-21(12-14-22)17-9-7-16(19)8-10-17/h7-10,15H,3-6,11-14H2,1-2H3,(H,20,23). The van der Waals surface area contributed by atoms with Crippen LogP contribution >= 0.6 is 0 Å². The molecule has 1 aliphatic rings. The van der Waals surface area contributed by atoms with Gasteiger partial charge in [-0.1, -0.05) is 26.2 Å². The average Bonchev–Trinajstić information content (AvgIpc) is 2.56. The van der Waals surface area contributed by atoms with Crippen molar-refractivity contribution < 1.29 is 9.18 Å². The SMILES string of the molecule is CCCCCC(C)NC(=O)N1CCN(c2ccc(F)cc2)CC1. The van der Waals surface area contributed by atoms with E-state index in [1.54, 1.807) is 12.1 Å². The van der Waals surface area contributed by atoms with Crippen molar-refractivity contribution in [2.45, 2.75) is 45.6 Å². The summed E-state index contributed by atoms with van der Waals surface area (Å²) in [5, 5.41) is 3.09. The van der Waals surface area contributed by atoms with E-state index in [2.05, 4.69) is 24.1 Å². The van der Waals surface area contributed by atoms with Gasteiger partial charge in [-0.05, 0) is 37.6 Å². The molecule has 4 nitrogen and oxygen atoms in total. The van der Waals surface area contributed by atoms with E-state index in [0.29, 0.717) is 13.1 Å². The van der Waals surface area contributed by atoms with Crippen LogP contribution in [0.2, 0.25) is 0 Å². The Hall–Kier alpha value is -1.78. The number of nitrogens with zero attached hydrogens (tertiary/aromatic N) is 2. The highest BCUT2D eigenvalue weighted by Gasteiger charge is 2.22. The molecule has 0 bridgehead atoms. The maximum atomic E-state index is 13.0. The molecule has 0 saturated carbocycles. The molecular weight excluding hydrogens is 293 g/mol. The Morgan fingerprint density at radius 2 is 1.83 bits per heavy atom. The topological polar surface area (TPSA) is 35.6 Å². The number of urea groups is 1. The fourth-order valence-electron chi connectivity index (χ4n) is 2.89. The molecular formula is C18H28FN3O. The van der Waals surface area contributed by atoms with E-state index in [1.807, 2.05) is 4.90 Å². The van der Waals surface area contributed by atoms with E-state index in [9.17, 15) is 9.18 Å². The minimum Gasteiger partial charge on any atom is -0.368 e. The lowest BCUT2D eigenvalue weighted by Gasteiger charge is -2.36. The van der Waals surface area contributed by atoms with E-state index in [1.165, 1.54) is 25.0 Å². The maximum absolute atomic E-state index is 13.0. The predicted molar refractivity (Wildman–Crippen MR) is 92.3 cm³/mol. The number of benzene rings is 1. The van der Waals surface area contributed by atoms with E-state index in [-0.39, 0.29) is 17.9 Å². The van der Waals surface area contributed by atoms with Gasteiger partial charge in [0.05, 0.1) is 0 Å². The number of carbonyl (C=O) groups excluding carboxylic acids is 1. The summed E-state index contributed by atoms with van der Waals surface area (Å²) in [5.41, 5.74) is 1.01. The number of carbonyl (C=O) groups is 1. The molecule has 5 heteroatoms. The quantitative estimate of drug-likeness (QED) is 0.812. The fraction of sp³-hybridized carbons (Fsp3) is 0.611. The molecule has 1 aromatic rings. The first kappa shape index (κ1) is 17.6. The number of nitrogens with one attached hydrogen (secondary N) is 1. The molecule has 0 aliphatic carbocycles. The van der Waals surface area contributed by atoms with Crippen LogP contribution in [0.4, 0.5) is 14.9 Å². The first-order chi connectivity index (χ1) is 11.1. The van der Waals surface area contributed by atoms with Crippen LogP contribution in [-0.2, 0) is 0 Å². The van der Waals surface area contributed by atoms with Crippen LogP contribution in [0.15, 0.2) is 24.3 Å². The van der Waals surface area contributed by atoms with Gasteiger partial charge in [0.15, 0.2) is 0 Å². The Morgan fingerprint density at radius 3 is 2.43 bits per heavy atom. The van der Waals surface area contributed by atoms with Crippen molar-refractivity contribution in [1.82, 2.24) is 10.2 Å². The second-order valence-electron chi connectivity index (χ2n) is 6.30. The summed E-state index contributed by atoms with van der Waals surface area (Å²) in [7, 11) is 0. The Balaban J connectivity index is 1.75. The van der Waals surface area contributed by atoms with Crippen molar-refractivity contribution in [2.24, 2.45) is 0 Å². The molecule has 0 radical (unpaired) electrons. The Kier molecular flexibility index (Phi) is 6.68. The number of halogens is 1. The van der Waals surface area contributed by atoms with Crippen LogP contribution in [0.25, 0.3) is 0 Å². The van der Waals surface area contributed by atoms with Crippen molar-refractivity contribution in [1.29, 1.82) is 0 Å². The second kappa shape index (κ2) is 8.75. The number of piperazine rings is 1. The summed E-state index contributed by atoms with van der Waals surface area (Å²) in [4.78, 5) is 16.3.